The third-order valence-corrected chi connectivity index (χ3v) is 4.64. The van der Waals surface area contributed by atoms with Crippen molar-refractivity contribution in [1.29, 1.82) is 0 Å². The molecule has 3 rings (SSSR count). The van der Waals surface area contributed by atoms with Gasteiger partial charge in [-0.2, -0.15) is 0 Å². The molecule has 0 aromatic heterocycles. The van der Waals surface area contributed by atoms with Crippen molar-refractivity contribution in [1.82, 2.24) is 4.90 Å². The first kappa shape index (κ1) is 17.6. The number of nitrogens with zero attached hydrogens (tertiary/aromatic N) is 1. The highest BCUT2D eigenvalue weighted by Gasteiger charge is 2.21. The van der Waals surface area contributed by atoms with Crippen LogP contribution in [0.25, 0.3) is 16.8 Å². The van der Waals surface area contributed by atoms with Crippen LogP contribution in [0.2, 0.25) is 0 Å². The lowest BCUT2D eigenvalue weighted by atomic mass is 10.0. The topological polar surface area (TPSA) is 49.8 Å². The molecule has 132 valence electrons. The standard InChI is InChI=1S/C21H25NO3/c23-15-4-16-25-19-11-13-22(14-12-19)21(24)10-9-18-7-3-6-17-5-1-2-8-20(17)18/h1-3,5-10,19,23H,4,11-16H2/b10-9+. The molecule has 1 saturated heterocycles. The fraction of sp³-hybridized carbons (Fsp3) is 0.381. The molecule has 1 heterocycles. The van der Waals surface area contributed by atoms with Gasteiger partial charge in [0.1, 0.15) is 0 Å². The lowest BCUT2D eigenvalue weighted by Gasteiger charge is -2.31. The third-order valence-electron chi connectivity index (χ3n) is 4.64. The van der Waals surface area contributed by atoms with Crippen LogP contribution in [0, 0.1) is 0 Å². The summed E-state index contributed by atoms with van der Waals surface area (Å²) in [6.45, 7) is 2.21. The maximum Gasteiger partial charge on any atom is 0.246 e. The van der Waals surface area contributed by atoms with Crippen LogP contribution in [0.4, 0.5) is 0 Å². The molecule has 0 atom stereocenters. The van der Waals surface area contributed by atoms with Gasteiger partial charge in [0.15, 0.2) is 0 Å². The SMILES string of the molecule is O=C(/C=C/c1cccc2ccccc12)N1CCC(OCCCO)CC1. The lowest BCUT2D eigenvalue weighted by molar-refractivity contribution is -0.128. The van der Waals surface area contributed by atoms with E-state index >= 15 is 0 Å². The Bertz CT molecular complexity index is 728. The number of piperidine rings is 1. The highest BCUT2D eigenvalue weighted by atomic mass is 16.5. The van der Waals surface area contributed by atoms with E-state index in [4.69, 9.17) is 9.84 Å². The van der Waals surface area contributed by atoms with E-state index in [1.807, 2.05) is 35.2 Å². The Morgan fingerprint density at radius 1 is 1.16 bits per heavy atom. The van der Waals surface area contributed by atoms with E-state index in [0.29, 0.717) is 13.0 Å². The van der Waals surface area contributed by atoms with Crippen molar-refractivity contribution in [3.63, 3.8) is 0 Å². The summed E-state index contributed by atoms with van der Waals surface area (Å²) in [6, 6.07) is 14.3. The first-order valence-electron chi connectivity index (χ1n) is 8.95. The monoisotopic (exact) mass is 339 g/mol. The van der Waals surface area contributed by atoms with Crippen molar-refractivity contribution < 1.29 is 14.6 Å². The minimum absolute atomic E-state index is 0.0572. The van der Waals surface area contributed by atoms with Gasteiger partial charge in [-0.1, -0.05) is 42.5 Å². The zero-order chi connectivity index (χ0) is 17.5. The van der Waals surface area contributed by atoms with E-state index < -0.39 is 0 Å². The number of benzene rings is 2. The number of likely N-dealkylation sites (tertiary alicyclic amines) is 1. The van der Waals surface area contributed by atoms with E-state index in [9.17, 15) is 4.79 Å². The van der Waals surface area contributed by atoms with Crippen molar-refractivity contribution in [3.8, 4) is 0 Å². The molecular weight excluding hydrogens is 314 g/mol. The minimum atomic E-state index is 0.0572. The molecule has 1 N–H and O–H groups in total. The lowest BCUT2D eigenvalue weighted by Crippen LogP contribution is -2.40. The smallest absolute Gasteiger partial charge is 0.246 e. The molecule has 1 aliphatic rings. The van der Waals surface area contributed by atoms with Gasteiger partial charge in [0.25, 0.3) is 0 Å². The van der Waals surface area contributed by atoms with Crippen molar-refractivity contribution in [3.05, 3.63) is 54.1 Å². The summed E-state index contributed by atoms with van der Waals surface area (Å²) in [5, 5.41) is 11.1. The predicted molar refractivity (Wildman–Crippen MR) is 100 cm³/mol. The summed E-state index contributed by atoms with van der Waals surface area (Å²) in [5.74, 6) is 0.0572. The molecular formula is C21H25NO3. The Hall–Kier alpha value is -2.17. The highest BCUT2D eigenvalue weighted by molar-refractivity contribution is 5.96. The van der Waals surface area contributed by atoms with Crippen LogP contribution >= 0.6 is 0 Å². The normalized spacial score (nSPS) is 16.0. The molecule has 0 aliphatic carbocycles. The highest BCUT2D eigenvalue weighted by Crippen LogP contribution is 2.20. The Labute approximate surface area is 148 Å². The molecule has 1 aliphatic heterocycles. The largest absolute Gasteiger partial charge is 0.396 e. The van der Waals surface area contributed by atoms with Crippen LogP contribution in [-0.4, -0.2) is 48.3 Å². The average molecular weight is 339 g/mol. The van der Waals surface area contributed by atoms with Crippen LogP contribution in [0.3, 0.4) is 0 Å². The fourth-order valence-electron chi connectivity index (χ4n) is 3.22. The second-order valence-electron chi connectivity index (χ2n) is 6.37. The van der Waals surface area contributed by atoms with E-state index in [0.717, 1.165) is 36.9 Å². The third kappa shape index (κ3) is 4.68. The number of aliphatic hydroxyl groups excluding tert-OH is 1. The molecule has 1 fully saturated rings. The van der Waals surface area contributed by atoms with Gasteiger partial charge < -0.3 is 14.7 Å². The molecule has 2 aromatic carbocycles. The van der Waals surface area contributed by atoms with E-state index in [2.05, 4.69) is 18.2 Å². The van der Waals surface area contributed by atoms with Crippen LogP contribution < -0.4 is 0 Å². The van der Waals surface area contributed by atoms with Gasteiger partial charge >= 0.3 is 0 Å². The van der Waals surface area contributed by atoms with Crippen LogP contribution in [0.1, 0.15) is 24.8 Å². The molecule has 2 aromatic rings. The number of fused-ring (bicyclic) bond motifs is 1. The summed E-state index contributed by atoms with van der Waals surface area (Å²) < 4.78 is 5.71. The molecule has 0 bridgehead atoms. The number of ether oxygens (including phenoxy) is 1. The van der Waals surface area contributed by atoms with Gasteiger partial charge in [-0.25, -0.2) is 0 Å². The van der Waals surface area contributed by atoms with Crippen molar-refractivity contribution >= 4 is 22.8 Å². The van der Waals surface area contributed by atoms with E-state index in [1.54, 1.807) is 6.08 Å². The molecule has 0 saturated carbocycles. The first-order chi connectivity index (χ1) is 12.3. The summed E-state index contributed by atoms with van der Waals surface area (Å²) >= 11 is 0. The number of amides is 1. The molecule has 1 amide bonds. The Morgan fingerprint density at radius 2 is 1.92 bits per heavy atom. The van der Waals surface area contributed by atoms with Gasteiger partial charge in [-0.05, 0) is 41.7 Å². The van der Waals surface area contributed by atoms with Gasteiger partial charge in [0.2, 0.25) is 5.91 Å². The molecule has 0 unspecified atom stereocenters. The van der Waals surface area contributed by atoms with Crippen LogP contribution in [0.15, 0.2) is 48.5 Å². The number of aliphatic hydroxyl groups is 1. The number of hydrogen-bond acceptors (Lipinski definition) is 3. The molecule has 25 heavy (non-hydrogen) atoms. The molecule has 4 heteroatoms. The van der Waals surface area contributed by atoms with Gasteiger partial charge in [-0.3, -0.25) is 4.79 Å². The fourth-order valence-corrected chi connectivity index (χ4v) is 3.22. The van der Waals surface area contributed by atoms with Crippen molar-refractivity contribution in [2.75, 3.05) is 26.3 Å². The zero-order valence-corrected chi connectivity index (χ0v) is 14.4. The maximum absolute atomic E-state index is 12.4. The number of carbonyl (C=O) groups excluding carboxylic acids is 1. The van der Waals surface area contributed by atoms with Crippen LogP contribution in [-0.2, 0) is 9.53 Å². The van der Waals surface area contributed by atoms with E-state index in [-0.39, 0.29) is 18.6 Å². The Kier molecular flexibility index (Phi) is 6.20. The van der Waals surface area contributed by atoms with Crippen molar-refractivity contribution in [2.45, 2.75) is 25.4 Å². The van der Waals surface area contributed by atoms with Crippen molar-refractivity contribution in [2.24, 2.45) is 0 Å². The second kappa shape index (κ2) is 8.79. The minimum Gasteiger partial charge on any atom is -0.396 e. The Morgan fingerprint density at radius 3 is 2.72 bits per heavy atom. The van der Waals surface area contributed by atoms with Gasteiger partial charge in [0.05, 0.1) is 6.10 Å². The summed E-state index contributed by atoms with van der Waals surface area (Å²) in [6.07, 6.45) is 6.19. The molecule has 0 radical (unpaired) electrons. The maximum atomic E-state index is 12.4. The number of rotatable bonds is 6. The number of hydrogen-bond donors (Lipinski definition) is 1. The quantitative estimate of drug-likeness (QED) is 0.649. The molecule has 4 nitrogen and oxygen atoms in total. The predicted octanol–water partition coefficient (Wildman–Crippen LogP) is 3.24. The van der Waals surface area contributed by atoms with Gasteiger partial charge in [-0.15, -0.1) is 0 Å². The summed E-state index contributed by atoms with van der Waals surface area (Å²) in [7, 11) is 0. The van der Waals surface area contributed by atoms with Gasteiger partial charge in [0, 0.05) is 32.4 Å². The number of carbonyl (C=O) groups is 1. The van der Waals surface area contributed by atoms with E-state index in [1.165, 1.54) is 5.39 Å². The Balaban J connectivity index is 1.56. The first-order valence-corrected chi connectivity index (χ1v) is 8.95. The summed E-state index contributed by atoms with van der Waals surface area (Å²) in [4.78, 5) is 14.3. The zero-order valence-electron chi connectivity index (χ0n) is 14.4. The van der Waals surface area contributed by atoms with Crippen LogP contribution in [0.5, 0.6) is 0 Å². The molecule has 0 spiro atoms. The summed E-state index contributed by atoms with van der Waals surface area (Å²) in [5.41, 5.74) is 1.06. The second-order valence-corrected chi connectivity index (χ2v) is 6.37. The average Bonchev–Trinajstić information content (AvgIpc) is 2.67.